The fourth-order valence-corrected chi connectivity index (χ4v) is 5.43. The van der Waals surface area contributed by atoms with Gasteiger partial charge in [0, 0.05) is 45.9 Å². The molecule has 1 aromatic rings. The van der Waals surface area contributed by atoms with Crippen LogP contribution in [-0.2, 0) is 57.2 Å². The molecule has 6 unspecified atom stereocenters. The molecule has 13 nitrogen and oxygen atoms in total. The second-order valence-electron chi connectivity index (χ2n) is 8.84. The summed E-state index contributed by atoms with van der Waals surface area (Å²) in [6.45, 7) is 5.07. The van der Waals surface area contributed by atoms with Gasteiger partial charge < -0.3 is 33.7 Å². The zero-order valence-electron chi connectivity index (χ0n) is 23.0. The minimum Gasteiger partial charge on any atom is -0.466 e. The Morgan fingerprint density at radius 1 is 0.950 bits per heavy atom. The van der Waals surface area contributed by atoms with E-state index in [0.29, 0.717) is 4.90 Å². The molecule has 0 spiro atoms. The van der Waals surface area contributed by atoms with E-state index in [1.165, 1.54) is 6.92 Å². The summed E-state index contributed by atoms with van der Waals surface area (Å²) in [7, 11) is 1.14. The molecule has 0 saturated carbocycles. The van der Waals surface area contributed by atoms with Gasteiger partial charge in [0.1, 0.15) is 18.8 Å². The molecule has 0 aliphatic carbocycles. The number of rotatable bonds is 11. The molecule has 1 heterocycles. The molecular weight excluding hydrogens is 550 g/mol. The van der Waals surface area contributed by atoms with Gasteiger partial charge in [-0.25, -0.2) is 4.79 Å². The van der Waals surface area contributed by atoms with Crippen LogP contribution in [-0.4, -0.2) is 84.9 Å². The fraction of sp³-hybridized carbons (Fsp3) is 0.538. The Morgan fingerprint density at radius 2 is 1.57 bits per heavy atom. The number of ether oxygens (including phenoxy) is 6. The number of hydrogen-bond donors (Lipinski definition) is 1. The summed E-state index contributed by atoms with van der Waals surface area (Å²) in [5, 5.41) is 2.63. The average Bonchev–Trinajstić information content (AvgIpc) is 2.85. The number of hydrogen-bond acceptors (Lipinski definition) is 13. The van der Waals surface area contributed by atoms with E-state index in [0.717, 1.165) is 46.6 Å². The molecular formula is C26H33NO12S. The van der Waals surface area contributed by atoms with Crippen molar-refractivity contribution in [3.8, 4) is 0 Å². The van der Waals surface area contributed by atoms with Crippen molar-refractivity contribution in [3.63, 3.8) is 0 Å². The SMILES string of the molecule is COC(=O)C1(Sc2ccccc2)CC(OC(C)=O)C(NC(C)=O)C(C(OC(C)=O)C(COC(C)=O)OC(C)=O)O1. The molecule has 0 bridgehead atoms. The van der Waals surface area contributed by atoms with Crippen LogP contribution in [0.4, 0.5) is 0 Å². The molecule has 220 valence electrons. The lowest BCUT2D eigenvalue weighted by Gasteiger charge is -2.48. The summed E-state index contributed by atoms with van der Waals surface area (Å²) < 4.78 is 32.9. The Hall–Kier alpha value is -3.65. The van der Waals surface area contributed by atoms with Crippen molar-refractivity contribution < 1.29 is 57.2 Å². The van der Waals surface area contributed by atoms with Crippen molar-refractivity contribution in [1.82, 2.24) is 5.32 Å². The highest BCUT2D eigenvalue weighted by atomic mass is 32.2. The maximum atomic E-state index is 13.3. The van der Waals surface area contributed by atoms with Gasteiger partial charge in [-0.2, -0.15) is 0 Å². The van der Waals surface area contributed by atoms with Crippen molar-refractivity contribution in [2.75, 3.05) is 13.7 Å². The van der Waals surface area contributed by atoms with Crippen LogP contribution in [0.15, 0.2) is 35.2 Å². The minimum atomic E-state index is -1.89. The number of thioether (sulfide) groups is 1. The zero-order valence-corrected chi connectivity index (χ0v) is 23.8. The highest BCUT2D eigenvalue weighted by Gasteiger charge is 2.58. The van der Waals surface area contributed by atoms with Gasteiger partial charge in [0.25, 0.3) is 0 Å². The molecule has 6 atom stereocenters. The van der Waals surface area contributed by atoms with Gasteiger partial charge in [0.05, 0.1) is 13.2 Å². The molecule has 1 aromatic carbocycles. The van der Waals surface area contributed by atoms with Crippen LogP contribution in [0.2, 0.25) is 0 Å². The lowest BCUT2D eigenvalue weighted by Crippen LogP contribution is -2.68. The van der Waals surface area contributed by atoms with Gasteiger partial charge in [0.2, 0.25) is 10.8 Å². The molecule has 1 aliphatic heterocycles. The maximum absolute atomic E-state index is 13.3. The maximum Gasteiger partial charge on any atom is 0.349 e. The number of esters is 5. The fourth-order valence-electron chi connectivity index (χ4n) is 4.18. The second-order valence-corrected chi connectivity index (χ2v) is 10.2. The second kappa shape index (κ2) is 14.7. The smallest absolute Gasteiger partial charge is 0.349 e. The van der Waals surface area contributed by atoms with Crippen molar-refractivity contribution in [3.05, 3.63) is 30.3 Å². The van der Waals surface area contributed by atoms with E-state index in [9.17, 15) is 28.8 Å². The standard InChI is InChI=1S/C26H33NO12S/c1-14(28)27-22-20(36-16(3)30)12-26(25(33)34-6,40-19-10-8-7-9-11-19)39-24(22)23(38-18(5)32)21(37-17(4)31)13-35-15(2)29/h7-11,20-24H,12-13H2,1-6H3,(H,27,28). The van der Waals surface area contributed by atoms with Gasteiger partial charge in [-0.05, 0) is 12.1 Å². The summed E-state index contributed by atoms with van der Waals surface area (Å²) in [6.07, 6.45) is -5.98. The summed E-state index contributed by atoms with van der Waals surface area (Å²) in [4.78, 5) is 72.3. The molecule has 0 radical (unpaired) electrons. The van der Waals surface area contributed by atoms with E-state index >= 15 is 0 Å². The quantitative estimate of drug-likeness (QED) is 0.292. The number of nitrogens with one attached hydrogen (secondary N) is 1. The lowest BCUT2D eigenvalue weighted by molar-refractivity contribution is -0.224. The predicted octanol–water partition coefficient (Wildman–Crippen LogP) is 1.30. The Labute approximate surface area is 235 Å². The molecule has 0 aromatic heterocycles. The Morgan fingerprint density at radius 3 is 2.08 bits per heavy atom. The first-order valence-corrected chi connectivity index (χ1v) is 13.0. The molecule has 40 heavy (non-hydrogen) atoms. The number of benzene rings is 1. The third kappa shape index (κ3) is 9.23. The summed E-state index contributed by atoms with van der Waals surface area (Å²) in [5.74, 6) is -4.54. The van der Waals surface area contributed by atoms with Crippen molar-refractivity contribution >= 4 is 47.5 Å². The third-order valence-electron chi connectivity index (χ3n) is 5.52. The Kier molecular flexibility index (Phi) is 11.9. The first kappa shape index (κ1) is 32.6. The van der Waals surface area contributed by atoms with Crippen LogP contribution in [0.5, 0.6) is 0 Å². The molecule has 1 N–H and O–H groups in total. The largest absolute Gasteiger partial charge is 0.466 e. The molecule has 1 saturated heterocycles. The zero-order chi connectivity index (χ0) is 30.0. The van der Waals surface area contributed by atoms with Gasteiger partial charge in [-0.3, -0.25) is 24.0 Å². The number of amides is 1. The van der Waals surface area contributed by atoms with Crippen LogP contribution in [0.25, 0.3) is 0 Å². The molecule has 2 rings (SSSR count). The van der Waals surface area contributed by atoms with E-state index in [1.54, 1.807) is 30.3 Å². The average molecular weight is 584 g/mol. The predicted molar refractivity (Wildman–Crippen MR) is 137 cm³/mol. The summed E-state index contributed by atoms with van der Waals surface area (Å²) >= 11 is 0.946. The summed E-state index contributed by atoms with van der Waals surface area (Å²) in [5.41, 5.74) is 0. The van der Waals surface area contributed by atoms with Crippen LogP contribution in [0.1, 0.15) is 41.0 Å². The van der Waals surface area contributed by atoms with Gasteiger partial charge in [-0.15, -0.1) is 0 Å². The van der Waals surface area contributed by atoms with Crippen LogP contribution < -0.4 is 5.32 Å². The van der Waals surface area contributed by atoms with E-state index in [1.807, 2.05) is 0 Å². The molecule has 1 amide bonds. The third-order valence-corrected chi connectivity index (χ3v) is 6.79. The van der Waals surface area contributed by atoms with Gasteiger partial charge >= 0.3 is 29.8 Å². The number of carbonyl (C=O) groups is 6. The first-order valence-electron chi connectivity index (χ1n) is 12.2. The lowest BCUT2D eigenvalue weighted by atomic mass is 9.89. The van der Waals surface area contributed by atoms with Crippen LogP contribution >= 0.6 is 11.8 Å². The van der Waals surface area contributed by atoms with E-state index in [-0.39, 0.29) is 6.42 Å². The molecule has 14 heteroatoms. The van der Waals surface area contributed by atoms with E-state index < -0.39 is 77.8 Å². The van der Waals surface area contributed by atoms with E-state index in [4.69, 9.17) is 28.4 Å². The Bertz CT molecular complexity index is 1100. The number of carbonyl (C=O) groups excluding carboxylic acids is 6. The molecule has 1 aliphatic rings. The number of methoxy groups -OCH3 is 1. The first-order chi connectivity index (χ1) is 18.8. The topological polar surface area (TPSA) is 170 Å². The van der Waals surface area contributed by atoms with Gasteiger partial charge in [-0.1, -0.05) is 30.0 Å². The van der Waals surface area contributed by atoms with Crippen molar-refractivity contribution in [2.45, 2.75) is 81.3 Å². The molecule has 1 fully saturated rings. The highest BCUT2D eigenvalue weighted by molar-refractivity contribution is 8.01. The van der Waals surface area contributed by atoms with E-state index in [2.05, 4.69) is 5.32 Å². The van der Waals surface area contributed by atoms with Crippen molar-refractivity contribution in [2.24, 2.45) is 0 Å². The normalized spacial score (nSPS) is 23.5. The van der Waals surface area contributed by atoms with Gasteiger partial charge in [0.15, 0.2) is 12.2 Å². The monoisotopic (exact) mass is 583 g/mol. The highest BCUT2D eigenvalue weighted by Crippen LogP contribution is 2.45. The minimum absolute atomic E-state index is 0.283. The van der Waals surface area contributed by atoms with Crippen LogP contribution in [0, 0.1) is 0 Å². The van der Waals surface area contributed by atoms with Crippen LogP contribution in [0.3, 0.4) is 0 Å². The summed E-state index contributed by atoms with van der Waals surface area (Å²) in [6, 6.07) is 7.43. The Balaban J connectivity index is 2.76. The van der Waals surface area contributed by atoms with Crippen molar-refractivity contribution in [1.29, 1.82) is 0 Å².